The number of hydrazine groups is 1. The fraction of sp³-hybridized carbons (Fsp3) is 0.231. The number of nitrogens with zero attached hydrogens (tertiary/aromatic N) is 1. The number of amides is 2. The highest BCUT2D eigenvalue weighted by molar-refractivity contribution is 5.87. The van der Waals surface area contributed by atoms with Crippen LogP contribution in [0.25, 0.3) is 11.1 Å². The van der Waals surface area contributed by atoms with Gasteiger partial charge in [-0.05, 0) is 47.2 Å². The summed E-state index contributed by atoms with van der Waals surface area (Å²) in [6.07, 6.45) is 0.948. The molecule has 1 atom stereocenters. The van der Waals surface area contributed by atoms with Crippen molar-refractivity contribution < 1.29 is 14.3 Å². The molecule has 1 saturated heterocycles. The van der Waals surface area contributed by atoms with Crippen LogP contribution in [-0.2, 0) is 9.53 Å². The van der Waals surface area contributed by atoms with Gasteiger partial charge >= 0.3 is 6.09 Å². The number of hydrogen-bond donors (Lipinski definition) is 2. The van der Waals surface area contributed by atoms with Crippen LogP contribution in [0.4, 0.5) is 10.5 Å². The van der Waals surface area contributed by atoms with Crippen LogP contribution in [0.3, 0.4) is 0 Å². The van der Waals surface area contributed by atoms with Crippen molar-refractivity contribution in [3.05, 3.63) is 90.0 Å². The van der Waals surface area contributed by atoms with E-state index in [0.717, 1.165) is 12.1 Å². The number of benzene rings is 3. The zero-order chi connectivity index (χ0) is 21.9. The molecule has 2 aliphatic rings. The first-order valence-electron chi connectivity index (χ1n) is 10.9. The number of para-hydroxylation sites is 1. The lowest BCUT2D eigenvalue weighted by atomic mass is 9.98. The van der Waals surface area contributed by atoms with Crippen molar-refractivity contribution >= 4 is 17.7 Å². The first-order chi connectivity index (χ1) is 15.7. The molecule has 0 bridgehead atoms. The van der Waals surface area contributed by atoms with Gasteiger partial charge in [0.25, 0.3) is 5.91 Å². The molecule has 32 heavy (non-hydrogen) atoms. The van der Waals surface area contributed by atoms with E-state index in [1.807, 2.05) is 54.6 Å². The van der Waals surface area contributed by atoms with Crippen LogP contribution in [0.5, 0.6) is 0 Å². The molecule has 5 rings (SSSR count). The third kappa shape index (κ3) is 3.80. The number of likely N-dealkylation sites (tertiary alicyclic amines) is 1. The summed E-state index contributed by atoms with van der Waals surface area (Å²) >= 11 is 0. The predicted octanol–water partition coefficient (Wildman–Crippen LogP) is 4.54. The van der Waals surface area contributed by atoms with Gasteiger partial charge in [-0.25, -0.2) is 4.79 Å². The molecule has 3 aromatic carbocycles. The van der Waals surface area contributed by atoms with Crippen molar-refractivity contribution in [2.24, 2.45) is 0 Å². The molecule has 1 heterocycles. The minimum absolute atomic E-state index is 0.000905. The zero-order valence-corrected chi connectivity index (χ0v) is 17.7. The Labute approximate surface area is 187 Å². The molecular formula is C26H25N3O3. The normalized spacial score (nSPS) is 16.9. The van der Waals surface area contributed by atoms with Crippen LogP contribution < -0.4 is 10.9 Å². The summed E-state index contributed by atoms with van der Waals surface area (Å²) in [5, 5.41) is 0. The van der Waals surface area contributed by atoms with Gasteiger partial charge in [-0.1, -0.05) is 66.7 Å². The van der Waals surface area contributed by atoms with Crippen LogP contribution >= 0.6 is 0 Å². The Morgan fingerprint density at radius 2 is 1.50 bits per heavy atom. The average molecular weight is 428 g/mol. The van der Waals surface area contributed by atoms with Crippen LogP contribution in [0, 0.1) is 0 Å². The Balaban J connectivity index is 1.23. The minimum atomic E-state index is -0.540. The molecule has 2 amide bonds. The van der Waals surface area contributed by atoms with E-state index in [2.05, 4.69) is 35.1 Å². The highest BCUT2D eigenvalue weighted by atomic mass is 16.6. The van der Waals surface area contributed by atoms with Crippen molar-refractivity contribution in [1.29, 1.82) is 0 Å². The van der Waals surface area contributed by atoms with Gasteiger partial charge in [-0.15, -0.1) is 0 Å². The van der Waals surface area contributed by atoms with E-state index in [-0.39, 0.29) is 18.4 Å². The van der Waals surface area contributed by atoms with E-state index in [9.17, 15) is 9.59 Å². The Morgan fingerprint density at radius 1 is 0.875 bits per heavy atom. The maximum Gasteiger partial charge on any atom is 0.410 e. The lowest BCUT2D eigenvalue weighted by Gasteiger charge is -2.24. The lowest BCUT2D eigenvalue weighted by molar-refractivity contribution is -0.124. The number of fused-ring (bicyclic) bond motifs is 3. The highest BCUT2D eigenvalue weighted by Gasteiger charge is 2.36. The molecule has 1 aliphatic heterocycles. The monoisotopic (exact) mass is 427 g/mol. The lowest BCUT2D eigenvalue weighted by Crippen LogP contribution is -2.47. The van der Waals surface area contributed by atoms with E-state index in [1.165, 1.54) is 27.2 Å². The number of carbonyl (C=O) groups is 2. The summed E-state index contributed by atoms with van der Waals surface area (Å²) in [4.78, 5) is 27.2. The largest absolute Gasteiger partial charge is 0.448 e. The quantitative estimate of drug-likeness (QED) is 0.587. The van der Waals surface area contributed by atoms with Crippen molar-refractivity contribution in [1.82, 2.24) is 10.3 Å². The van der Waals surface area contributed by atoms with Gasteiger partial charge in [0.05, 0.1) is 5.69 Å². The fourth-order valence-corrected chi connectivity index (χ4v) is 4.67. The number of nitrogens with one attached hydrogen (secondary N) is 2. The van der Waals surface area contributed by atoms with Crippen LogP contribution in [-0.4, -0.2) is 36.1 Å². The smallest absolute Gasteiger partial charge is 0.410 e. The van der Waals surface area contributed by atoms with Gasteiger partial charge in [0.2, 0.25) is 0 Å². The van der Waals surface area contributed by atoms with E-state index in [1.54, 1.807) is 0 Å². The maximum absolute atomic E-state index is 12.9. The molecular weight excluding hydrogens is 402 g/mol. The maximum atomic E-state index is 12.9. The SMILES string of the molecule is O=C(NNc1ccccc1)[C@@H]1CCCN1C(=O)OCC1c2ccccc2-c2ccccc21. The predicted molar refractivity (Wildman–Crippen MR) is 123 cm³/mol. The van der Waals surface area contributed by atoms with E-state index in [4.69, 9.17) is 4.74 Å². The summed E-state index contributed by atoms with van der Waals surface area (Å²) in [5.74, 6) is -0.235. The second-order valence-corrected chi connectivity index (χ2v) is 8.14. The minimum Gasteiger partial charge on any atom is -0.448 e. The third-order valence-electron chi connectivity index (χ3n) is 6.23. The number of hydrogen-bond acceptors (Lipinski definition) is 4. The average Bonchev–Trinajstić information content (AvgIpc) is 3.45. The van der Waals surface area contributed by atoms with Crippen molar-refractivity contribution in [2.45, 2.75) is 24.8 Å². The molecule has 6 nitrogen and oxygen atoms in total. The number of rotatable bonds is 5. The summed E-state index contributed by atoms with van der Waals surface area (Å²) in [6.45, 7) is 0.764. The molecule has 1 fully saturated rings. The summed E-state index contributed by atoms with van der Waals surface area (Å²) in [6, 6.07) is 25.3. The molecule has 0 aromatic heterocycles. The molecule has 0 radical (unpaired) electrons. The topological polar surface area (TPSA) is 70.7 Å². The van der Waals surface area contributed by atoms with Gasteiger partial charge in [0.1, 0.15) is 12.6 Å². The third-order valence-corrected chi connectivity index (χ3v) is 6.23. The van der Waals surface area contributed by atoms with Gasteiger partial charge in [0, 0.05) is 12.5 Å². The molecule has 1 aliphatic carbocycles. The van der Waals surface area contributed by atoms with Crippen LogP contribution in [0.15, 0.2) is 78.9 Å². The highest BCUT2D eigenvalue weighted by Crippen LogP contribution is 2.44. The Hall–Kier alpha value is -3.80. The van der Waals surface area contributed by atoms with E-state index >= 15 is 0 Å². The Morgan fingerprint density at radius 3 is 2.19 bits per heavy atom. The first-order valence-corrected chi connectivity index (χ1v) is 10.9. The van der Waals surface area contributed by atoms with Crippen LogP contribution in [0.2, 0.25) is 0 Å². The second-order valence-electron chi connectivity index (χ2n) is 8.14. The fourth-order valence-electron chi connectivity index (χ4n) is 4.67. The van der Waals surface area contributed by atoms with Crippen molar-refractivity contribution in [3.63, 3.8) is 0 Å². The van der Waals surface area contributed by atoms with Gasteiger partial charge in [0.15, 0.2) is 0 Å². The molecule has 6 heteroatoms. The molecule has 3 aromatic rings. The summed E-state index contributed by atoms with van der Waals surface area (Å²) < 4.78 is 5.75. The van der Waals surface area contributed by atoms with Gasteiger partial charge in [-0.2, -0.15) is 0 Å². The number of anilines is 1. The summed E-state index contributed by atoms with van der Waals surface area (Å²) in [7, 11) is 0. The Kier molecular flexibility index (Phi) is 5.50. The van der Waals surface area contributed by atoms with Crippen LogP contribution in [0.1, 0.15) is 29.9 Å². The summed E-state index contributed by atoms with van der Waals surface area (Å²) in [5.41, 5.74) is 11.1. The standard InChI is InChI=1S/C26H25N3O3/c30-25(28-27-18-9-2-1-3-10-18)24-15-8-16-29(24)26(31)32-17-23-21-13-6-4-11-19(21)20-12-5-7-14-22(20)23/h1-7,9-14,23-24,27H,8,15-17H2,(H,28,30)/t24-/m0/s1. The number of ether oxygens (including phenoxy) is 1. The first kappa shape index (κ1) is 20.1. The van der Waals surface area contributed by atoms with E-state index < -0.39 is 12.1 Å². The Bertz CT molecular complexity index is 1090. The zero-order valence-electron chi connectivity index (χ0n) is 17.7. The van der Waals surface area contributed by atoms with Gasteiger partial charge < -0.3 is 4.74 Å². The molecule has 0 saturated carbocycles. The molecule has 2 N–H and O–H groups in total. The molecule has 162 valence electrons. The van der Waals surface area contributed by atoms with Crippen molar-refractivity contribution in [3.8, 4) is 11.1 Å². The van der Waals surface area contributed by atoms with Crippen molar-refractivity contribution in [2.75, 3.05) is 18.6 Å². The van der Waals surface area contributed by atoms with E-state index in [0.29, 0.717) is 13.0 Å². The van der Waals surface area contributed by atoms with Gasteiger partial charge in [-0.3, -0.25) is 20.5 Å². The molecule has 0 spiro atoms. The second kappa shape index (κ2) is 8.75. The molecule has 0 unspecified atom stereocenters. The number of carbonyl (C=O) groups excluding carboxylic acids is 2.